The van der Waals surface area contributed by atoms with Crippen LogP contribution in [0.4, 0.5) is 0 Å². The van der Waals surface area contributed by atoms with E-state index in [-0.39, 0.29) is 0 Å². The molecule has 0 saturated heterocycles. The lowest BCUT2D eigenvalue weighted by Crippen LogP contribution is -1.98. The van der Waals surface area contributed by atoms with E-state index in [1.807, 2.05) is 0 Å². The van der Waals surface area contributed by atoms with E-state index in [4.69, 9.17) is 0 Å². The summed E-state index contributed by atoms with van der Waals surface area (Å²) >= 11 is 0. The maximum Gasteiger partial charge on any atom is -0.00298 e. The molecular formula is C31H36. The minimum Gasteiger partial charge on any atom is -0.0648 e. The van der Waals surface area contributed by atoms with Gasteiger partial charge in [-0.1, -0.05) is 114 Å². The molecule has 0 saturated carbocycles. The quantitative estimate of drug-likeness (QED) is 0.381. The van der Waals surface area contributed by atoms with Gasteiger partial charge in [0, 0.05) is 0 Å². The fourth-order valence-corrected chi connectivity index (χ4v) is 4.67. The summed E-state index contributed by atoms with van der Waals surface area (Å²) in [4.78, 5) is 0. The van der Waals surface area contributed by atoms with E-state index in [0.717, 1.165) is 6.42 Å². The third-order valence-electron chi connectivity index (χ3n) is 6.99. The molecule has 0 spiro atoms. The fourth-order valence-electron chi connectivity index (χ4n) is 4.67. The SMILES string of the molecule is CCC(C)C1=Cc2c(ccc(-c3ccccc3)c2-c2cc(C(C)C)cc(C(C)C)c2)C1. The Morgan fingerprint density at radius 2 is 1.39 bits per heavy atom. The summed E-state index contributed by atoms with van der Waals surface area (Å²) in [5.41, 5.74) is 12.8. The summed E-state index contributed by atoms with van der Waals surface area (Å²) in [7, 11) is 0. The third kappa shape index (κ3) is 4.26. The van der Waals surface area contributed by atoms with Crippen molar-refractivity contribution in [3.63, 3.8) is 0 Å². The molecule has 0 N–H and O–H groups in total. The highest BCUT2D eigenvalue weighted by Crippen LogP contribution is 2.43. The molecular weight excluding hydrogens is 372 g/mol. The van der Waals surface area contributed by atoms with Gasteiger partial charge in [0.05, 0.1) is 0 Å². The van der Waals surface area contributed by atoms with Crippen LogP contribution in [0.15, 0.2) is 66.2 Å². The molecule has 0 heterocycles. The molecule has 0 heteroatoms. The monoisotopic (exact) mass is 408 g/mol. The van der Waals surface area contributed by atoms with E-state index < -0.39 is 0 Å². The molecule has 4 rings (SSSR count). The third-order valence-corrected chi connectivity index (χ3v) is 6.99. The molecule has 1 aliphatic rings. The van der Waals surface area contributed by atoms with Crippen molar-refractivity contribution in [2.45, 2.75) is 66.2 Å². The number of hydrogen-bond donors (Lipinski definition) is 0. The van der Waals surface area contributed by atoms with Crippen molar-refractivity contribution in [2.24, 2.45) is 5.92 Å². The zero-order valence-corrected chi connectivity index (χ0v) is 20.0. The first kappa shape index (κ1) is 21.6. The van der Waals surface area contributed by atoms with Crippen LogP contribution in [0.1, 0.15) is 82.1 Å². The maximum atomic E-state index is 2.50. The molecule has 0 radical (unpaired) electrons. The van der Waals surface area contributed by atoms with Crippen molar-refractivity contribution >= 4 is 6.08 Å². The molecule has 31 heavy (non-hydrogen) atoms. The van der Waals surface area contributed by atoms with Crippen molar-refractivity contribution < 1.29 is 0 Å². The zero-order chi connectivity index (χ0) is 22.1. The number of allylic oxidation sites excluding steroid dienone is 1. The molecule has 0 amide bonds. The summed E-state index contributed by atoms with van der Waals surface area (Å²) in [6, 6.07) is 22.9. The highest BCUT2D eigenvalue weighted by Gasteiger charge is 2.23. The smallest absolute Gasteiger partial charge is 0.00298 e. The Balaban J connectivity index is 2.01. The van der Waals surface area contributed by atoms with Crippen LogP contribution in [0, 0.1) is 5.92 Å². The van der Waals surface area contributed by atoms with Crippen molar-refractivity contribution in [3.8, 4) is 22.3 Å². The van der Waals surface area contributed by atoms with Crippen molar-refractivity contribution in [2.75, 3.05) is 0 Å². The predicted octanol–water partition coefficient (Wildman–Crippen LogP) is 9.25. The van der Waals surface area contributed by atoms with Crippen LogP contribution < -0.4 is 0 Å². The largest absolute Gasteiger partial charge is 0.0648 e. The van der Waals surface area contributed by atoms with Crippen molar-refractivity contribution in [1.82, 2.24) is 0 Å². The van der Waals surface area contributed by atoms with Gasteiger partial charge in [-0.3, -0.25) is 0 Å². The molecule has 160 valence electrons. The van der Waals surface area contributed by atoms with Gasteiger partial charge in [-0.05, 0) is 75.1 Å². The molecule has 0 bridgehead atoms. The second-order valence-corrected chi connectivity index (χ2v) is 9.83. The van der Waals surface area contributed by atoms with E-state index in [2.05, 4.69) is 108 Å². The first-order chi connectivity index (χ1) is 14.9. The van der Waals surface area contributed by atoms with Crippen LogP contribution in [0.25, 0.3) is 28.3 Å². The molecule has 0 aliphatic heterocycles. The summed E-state index contributed by atoms with van der Waals surface area (Å²) in [6.45, 7) is 13.9. The summed E-state index contributed by atoms with van der Waals surface area (Å²) in [5.74, 6) is 1.66. The van der Waals surface area contributed by atoms with Gasteiger partial charge < -0.3 is 0 Å². The minimum absolute atomic E-state index is 0.514. The van der Waals surface area contributed by atoms with Crippen LogP contribution in [-0.2, 0) is 6.42 Å². The minimum atomic E-state index is 0.514. The molecule has 0 fully saturated rings. The number of benzene rings is 3. The number of hydrogen-bond acceptors (Lipinski definition) is 0. The Bertz CT molecular complexity index is 1070. The second-order valence-electron chi connectivity index (χ2n) is 9.83. The zero-order valence-electron chi connectivity index (χ0n) is 20.0. The Labute approximate surface area is 189 Å². The van der Waals surface area contributed by atoms with Gasteiger partial charge in [-0.25, -0.2) is 0 Å². The Hall–Kier alpha value is -2.60. The van der Waals surface area contributed by atoms with Crippen LogP contribution in [0.3, 0.4) is 0 Å². The lowest BCUT2D eigenvalue weighted by Gasteiger charge is -2.19. The molecule has 3 aromatic carbocycles. The summed E-state index contributed by atoms with van der Waals surface area (Å²) < 4.78 is 0. The van der Waals surface area contributed by atoms with Gasteiger partial charge in [0.25, 0.3) is 0 Å². The maximum absolute atomic E-state index is 2.50. The van der Waals surface area contributed by atoms with E-state index in [9.17, 15) is 0 Å². The standard InChI is InChI=1S/C31H36/c1-7-22(6)27-15-24-13-14-29(23-11-9-8-10-12-23)31(30(24)19-27)28-17-25(20(2)3)16-26(18-28)21(4)5/h8-14,16-22H,7,15H2,1-6H3. The summed E-state index contributed by atoms with van der Waals surface area (Å²) in [6.07, 6.45) is 4.79. The first-order valence-electron chi connectivity index (χ1n) is 12.0. The van der Waals surface area contributed by atoms with Gasteiger partial charge in [0.15, 0.2) is 0 Å². The average molecular weight is 409 g/mol. The fraction of sp³-hybridized carbons (Fsp3) is 0.355. The van der Waals surface area contributed by atoms with Crippen molar-refractivity contribution in [3.05, 3.63) is 88.5 Å². The van der Waals surface area contributed by atoms with Gasteiger partial charge >= 0.3 is 0 Å². The van der Waals surface area contributed by atoms with Crippen LogP contribution in [0.5, 0.6) is 0 Å². The van der Waals surface area contributed by atoms with Gasteiger partial charge in [-0.2, -0.15) is 0 Å². The Kier molecular flexibility index (Phi) is 6.19. The van der Waals surface area contributed by atoms with Gasteiger partial charge in [0.1, 0.15) is 0 Å². The van der Waals surface area contributed by atoms with Gasteiger partial charge in [-0.15, -0.1) is 0 Å². The topological polar surface area (TPSA) is 0 Å². The van der Waals surface area contributed by atoms with Crippen LogP contribution >= 0.6 is 0 Å². The Morgan fingerprint density at radius 3 is 1.97 bits per heavy atom. The lowest BCUT2D eigenvalue weighted by atomic mass is 9.85. The highest BCUT2D eigenvalue weighted by molar-refractivity contribution is 5.92. The van der Waals surface area contributed by atoms with E-state index >= 15 is 0 Å². The molecule has 3 aromatic rings. The predicted molar refractivity (Wildman–Crippen MR) is 137 cm³/mol. The van der Waals surface area contributed by atoms with E-state index in [1.54, 1.807) is 5.57 Å². The second kappa shape index (κ2) is 8.87. The molecule has 1 aliphatic carbocycles. The Morgan fingerprint density at radius 1 is 0.742 bits per heavy atom. The molecule has 1 unspecified atom stereocenters. The first-order valence-corrected chi connectivity index (χ1v) is 12.0. The van der Waals surface area contributed by atoms with E-state index in [1.165, 1.54) is 50.9 Å². The highest BCUT2D eigenvalue weighted by atomic mass is 14.3. The lowest BCUT2D eigenvalue weighted by molar-refractivity contribution is 0.647. The van der Waals surface area contributed by atoms with Gasteiger partial charge in [0.2, 0.25) is 0 Å². The van der Waals surface area contributed by atoms with E-state index in [0.29, 0.717) is 17.8 Å². The molecule has 1 atom stereocenters. The van der Waals surface area contributed by atoms with Crippen molar-refractivity contribution in [1.29, 1.82) is 0 Å². The molecule has 0 aromatic heterocycles. The average Bonchev–Trinajstić information content (AvgIpc) is 3.22. The normalized spacial score (nSPS) is 14.1. The summed E-state index contributed by atoms with van der Waals surface area (Å²) in [5, 5.41) is 0. The molecule has 0 nitrogen and oxygen atoms in total. The van der Waals surface area contributed by atoms with Crippen LogP contribution in [-0.4, -0.2) is 0 Å². The number of fused-ring (bicyclic) bond motifs is 1. The van der Waals surface area contributed by atoms with Crippen LogP contribution in [0.2, 0.25) is 0 Å². The number of rotatable bonds is 6.